The fourth-order valence-electron chi connectivity index (χ4n) is 4.03. The van der Waals surface area contributed by atoms with Crippen molar-refractivity contribution >= 4 is 60.1 Å². The molecule has 0 amide bonds. The molecule has 4 aromatic carbocycles. The van der Waals surface area contributed by atoms with E-state index in [9.17, 15) is 9.59 Å². The predicted octanol–water partition coefficient (Wildman–Crippen LogP) is 5.44. The zero-order chi connectivity index (χ0) is 24.8. The Bertz CT molecular complexity index is 1750. The van der Waals surface area contributed by atoms with Crippen LogP contribution in [0.5, 0.6) is 0 Å². The summed E-state index contributed by atoms with van der Waals surface area (Å²) >= 11 is -0.476. The number of benzene rings is 4. The fraction of sp³-hybridized carbons (Fsp3) is 0.0714. The molecule has 0 radical (unpaired) electrons. The van der Waals surface area contributed by atoms with E-state index in [1.807, 2.05) is 106 Å². The standard InChI is InChI=1S/C28H20N4O2Se2/c1-17-9-13-19(14-10-17)31-27(33)21-5-3-7-23(25(21)35-31)29-30-24-8-4-6-22-26(24)36-32(28(22)34)20-15-11-18(2)12-16-20/h3-16H,1-2H3. The van der Waals surface area contributed by atoms with Gasteiger partial charge < -0.3 is 0 Å². The van der Waals surface area contributed by atoms with E-state index in [1.54, 1.807) is 0 Å². The molecule has 0 aliphatic heterocycles. The molecule has 6 nitrogen and oxygen atoms in total. The molecule has 6 rings (SSSR count). The second kappa shape index (κ2) is 9.16. The molecule has 0 bridgehead atoms. The summed E-state index contributed by atoms with van der Waals surface area (Å²) in [6.45, 7) is 4.06. The molecule has 0 fully saturated rings. The first kappa shape index (κ1) is 22.9. The second-order valence-corrected chi connectivity index (χ2v) is 12.6. The molecule has 0 atom stereocenters. The van der Waals surface area contributed by atoms with Gasteiger partial charge in [-0.1, -0.05) is 0 Å². The van der Waals surface area contributed by atoms with Crippen LogP contribution in [0.2, 0.25) is 0 Å². The van der Waals surface area contributed by atoms with E-state index >= 15 is 0 Å². The van der Waals surface area contributed by atoms with Crippen LogP contribution >= 0.6 is 0 Å². The van der Waals surface area contributed by atoms with E-state index in [4.69, 9.17) is 0 Å². The number of hydrogen-bond acceptors (Lipinski definition) is 4. The molecule has 8 heteroatoms. The molecule has 0 N–H and O–H groups in total. The van der Waals surface area contributed by atoms with E-state index < -0.39 is 0 Å². The number of nitrogens with zero attached hydrogens (tertiary/aromatic N) is 4. The Balaban J connectivity index is 1.44. The van der Waals surface area contributed by atoms with Gasteiger partial charge in [0.25, 0.3) is 0 Å². The van der Waals surface area contributed by atoms with Crippen LogP contribution in [0.1, 0.15) is 11.1 Å². The molecular formula is C28H20N4O2Se2. The molecule has 176 valence electrons. The third kappa shape index (κ3) is 3.98. The summed E-state index contributed by atoms with van der Waals surface area (Å²) in [5.74, 6) is 0. The van der Waals surface area contributed by atoms with Crippen molar-refractivity contribution in [1.82, 2.24) is 7.12 Å². The SMILES string of the molecule is Cc1ccc(-n2[se]c3c(N=Nc4cccc5c(=O)n(-c6ccc(C)cc6)[se]c45)cccc3c2=O)cc1. The van der Waals surface area contributed by atoms with Gasteiger partial charge in [0.1, 0.15) is 0 Å². The Hall–Kier alpha value is -3.54. The maximum atomic E-state index is 13.1. The summed E-state index contributed by atoms with van der Waals surface area (Å²) in [5.41, 5.74) is 5.47. The first-order chi connectivity index (χ1) is 17.5. The van der Waals surface area contributed by atoms with Gasteiger partial charge >= 0.3 is 219 Å². The molecule has 0 unspecified atom stereocenters. The Morgan fingerprint density at radius 2 is 0.944 bits per heavy atom. The normalized spacial score (nSPS) is 11.7. The molecule has 6 aromatic rings. The summed E-state index contributed by atoms with van der Waals surface area (Å²) in [6, 6.07) is 27.2. The third-order valence-electron chi connectivity index (χ3n) is 5.99. The van der Waals surface area contributed by atoms with Crippen molar-refractivity contribution in [2.24, 2.45) is 10.2 Å². The summed E-state index contributed by atoms with van der Waals surface area (Å²) in [6.07, 6.45) is 0. The van der Waals surface area contributed by atoms with Crippen LogP contribution in [-0.2, 0) is 0 Å². The number of hydrogen-bond donors (Lipinski definition) is 0. The van der Waals surface area contributed by atoms with Gasteiger partial charge in [0.15, 0.2) is 0 Å². The number of aromatic nitrogens is 2. The Morgan fingerprint density at radius 3 is 1.33 bits per heavy atom. The van der Waals surface area contributed by atoms with Gasteiger partial charge in [0, 0.05) is 0 Å². The topological polar surface area (TPSA) is 68.7 Å². The monoisotopic (exact) mass is 604 g/mol. The van der Waals surface area contributed by atoms with Crippen molar-refractivity contribution in [2.75, 3.05) is 0 Å². The van der Waals surface area contributed by atoms with E-state index in [0.29, 0.717) is 22.1 Å². The van der Waals surface area contributed by atoms with Crippen molar-refractivity contribution in [1.29, 1.82) is 0 Å². The van der Waals surface area contributed by atoms with E-state index in [2.05, 4.69) is 10.2 Å². The molecule has 2 heterocycles. The minimum atomic E-state index is -0.238. The molecule has 0 aliphatic rings. The fourth-order valence-corrected chi connectivity index (χ4v) is 8.42. The van der Waals surface area contributed by atoms with E-state index in [-0.39, 0.29) is 40.6 Å². The van der Waals surface area contributed by atoms with Gasteiger partial charge in [-0.25, -0.2) is 0 Å². The Labute approximate surface area is 218 Å². The van der Waals surface area contributed by atoms with Crippen molar-refractivity contribution in [3.8, 4) is 11.4 Å². The first-order valence-corrected chi connectivity index (χ1v) is 14.6. The third-order valence-corrected chi connectivity index (χ3v) is 10.9. The van der Waals surface area contributed by atoms with Gasteiger partial charge in [-0.05, 0) is 0 Å². The molecule has 0 saturated carbocycles. The average Bonchev–Trinajstić information content (AvgIpc) is 3.41. The van der Waals surface area contributed by atoms with Crippen LogP contribution in [0.3, 0.4) is 0 Å². The van der Waals surface area contributed by atoms with E-state index in [0.717, 1.165) is 31.0 Å². The average molecular weight is 602 g/mol. The van der Waals surface area contributed by atoms with Crippen LogP contribution in [-0.4, -0.2) is 36.6 Å². The first-order valence-electron chi connectivity index (χ1n) is 11.4. The maximum absolute atomic E-state index is 13.1. The molecule has 36 heavy (non-hydrogen) atoms. The van der Waals surface area contributed by atoms with E-state index in [1.165, 1.54) is 0 Å². The molecule has 0 aliphatic carbocycles. The number of azo groups is 1. The van der Waals surface area contributed by atoms with Crippen LogP contribution in [0, 0.1) is 13.8 Å². The summed E-state index contributed by atoms with van der Waals surface area (Å²) in [7, 11) is 0. The number of aryl methyl sites for hydroxylation is 2. The van der Waals surface area contributed by atoms with Crippen molar-refractivity contribution in [3.63, 3.8) is 0 Å². The zero-order valence-electron chi connectivity index (χ0n) is 19.5. The van der Waals surface area contributed by atoms with Gasteiger partial charge in [0.05, 0.1) is 0 Å². The van der Waals surface area contributed by atoms with Crippen LogP contribution in [0.15, 0.2) is 105 Å². The Kier molecular flexibility index (Phi) is 5.82. The van der Waals surface area contributed by atoms with Gasteiger partial charge in [-0.2, -0.15) is 0 Å². The van der Waals surface area contributed by atoms with Crippen molar-refractivity contribution in [3.05, 3.63) is 117 Å². The summed E-state index contributed by atoms with van der Waals surface area (Å²) in [4.78, 5) is 26.2. The quantitative estimate of drug-likeness (QED) is 0.199. The predicted molar refractivity (Wildman–Crippen MR) is 147 cm³/mol. The second-order valence-electron chi connectivity index (χ2n) is 8.56. The minimum absolute atomic E-state index is 0.00539. The van der Waals surface area contributed by atoms with Crippen molar-refractivity contribution < 1.29 is 0 Å². The molecule has 2 aromatic heterocycles. The number of fused-ring (bicyclic) bond motifs is 2. The molecule has 0 spiro atoms. The number of rotatable bonds is 4. The van der Waals surface area contributed by atoms with Gasteiger partial charge in [-0.15, -0.1) is 0 Å². The zero-order valence-corrected chi connectivity index (χ0v) is 22.9. The Morgan fingerprint density at radius 1 is 0.556 bits per heavy atom. The van der Waals surface area contributed by atoms with Crippen molar-refractivity contribution in [2.45, 2.75) is 13.8 Å². The summed E-state index contributed by atoms with van der Waals surface area (Å²) in [5, 5.41) is 10.5. The molecular weight excluding hydrogens is 582 g/mol. The van der Waals surface area contributed by atoms with Gasteiger partial charge in [0.2, 0.25) is 0 Å². The summed E-state index contributed by atoms with van der Waals surface area (Å²) < 4.78 is 5.51. The van der Waals surface area contributed by atoms with Crippen LogP contribution < -0.4 is 11.1 Å². The van der Waals surface area contributed by atoms with Crippen LogP contribution in [0.25, 0.3) is 30.7 Å². The molecule has 0 saturated heterocycles. The van der Waals surface area contributed by atoms with Crippen LogP contribution in [0.4, 0.5) is 11.4 Å². The van der Waals surface area contributed by atoms with Gasteiger partial charge in [-0.3, -0.25) is 0 Å².